The number of aliphatic hydroxyl groups is 1. The molecule has 0 bridgehead atoms. The number of likely N-dealkylation sites (tertiary alicyclic amines) is 1. The molecule has 0 saturated carbocycles. The van der Waals surface area contributed by atoms with Gasteiger partial charge in [-0.25, -0.2) is 0 Å². The largest absolute Gasteiger partial charge is 0.395 e. The van der Waals surface area contributed by atoms with E-state index < -0.39 is 6.04 Å². The van der Waals surface area contributed by atoms with E-state index in [1.165, 1.54) is 0 Å². The Labute approximate surface area is 200 Å². The fourth-order valence-corrected chi connectivity index (χ4v) is 4.37. The van der Waals surface area contributed by atoms with Crippen LogP contribution in [0.3, 0.4) is 0 Å². The van der Waals surface area contributed by atoms with E-state index in [2.05, 4.69) is 29.4 Å². The average molecular weight is 467 g/mol. The van der Waals surface area contributed by atoms with Gasteiger partial charge in [-0.15, -0.1) is 0 Å². The zero-order valence-electron chi connectivity index (χ0n) is 21.9. The highest BCUT2D eigenvalue weighted by Crippen LogP contribution is 2.21. The number of amides is 3. The molecule has 1 unspecified atom stereocenters. The minimum atomic E-state index is -0.642. The van der Waals surface area contributed by atoms with Gasteiger partial charge in [0, 0.05) is 25.2 Å². The zero-order valence-corrected chi connectivity index (χ0v) is 21.9. The zero-order chi connectivity index (χ0) is 25.3. The predicted octanol–water partition coefficient (Wildman–Crippen LogP) is 1.93. The molecule has 8 heteroatoms. The maximum atomic E-state index is 13.5. The number of carbonyl (C=O) groups is 3. The normalized spacial score (nSPS) is 19.5. The number of aliphatic hydroxyl groups excluding tert-OH is 1. The first-order valence-electron chi connectivity index (χ1n) is 12.3. The number of likely N-dealkylation sites (N-methyl/N-ethyl adjacent to an activating group) is 1. The van der Waals surface area contributed by atoms with Gasteiger partial charge in [0.25, 0.3) is 0 Å². The summed E-state index contributed by atoms with van der Waals surface area (Å²) in [5, 5.41) is 14.6. The van der Waals surface area contributed by atoms with Crippen molar-refractivity contribution in [3.05, 3.63) is 11.6 Å². The molecule has 0 aromatic heterocycles. The quantitative estimate of drug-likeness (QED) is 0.404. The SMILES string of the molecule is CC(=C[C@H](C(C)C)N(C)C(=O)[C@@H](NC(=O)C1CCCCN1C(C)C)C(C)C)C(=O)NCCO. The molecule has 3 amide bonds. The molecule has 1 heterocycles. The molecule has 1 aliphatic rings. The van der Waals surface area contributed by atoms with Crippen molar-refractivity contribution in [1.82, 2.24) is 20.4 Å². The number of nitrogens with one attached hydrogen (secondary N) is 2. The number of piperidine rings is 1. The van der Waals surface area contributed by atoms with Crippen LogP contribution in [0.15, 0.2) is 11.6 Å². The third kappa shape index (κ3) is 8.41. The molecule has 0 spiro atoms. The molecule has 33 heavy (non-hydrogen) atoms. The molecular weight excluding hydrogens is 420 g/mol. The van der Waals surface area contributed by atoms with Crippen LogP contribution in [-0.2, 0) is 14.4 Å². The van der Waals surface area contributed by atoms with Crippen molar-refractivity contribution in [2.24, 2.45) is 11.8 Å². The van der Waals surface area contributed by atoms with Crippen molar-refractivity contribution < 1.29 is 19.5 Å². The number of rotatable bonds is 11. The molecule has 1 aliphatic heterocycles. The Kier molecular flexibility index (Phi) is 12.1. The molecule has 0 aromatic carbocycles. The van der Waals surface area contributed by atoms with Crippen molar-refractivity contribution >= 4 is 17.7 Å². The van der Waals surface area contributed by atoms with Crippen LogP contribution in [0.1, 0.15) is 67.7 Å². The number of nitrogens with zero attached hydrogens (tertiary/aromatic N) is 2. The smallest absolute Gasteiger partial charge is 0.246 e. The van der Waals surface area contributed by atoms with E-state index in [1.54, 1.807) is 24.9 Å². The molecule has 1 saturated heterocycles. The van der Waals surface area contributed by atoms with Crippen LogP contribution in [0.5, 0.6) is 0 Å². The summed E-state index contributed by atoms with van der Waals surface area (Å²) in [5.41, 5.74) is 0.488. The molecule has 190 valence electrons. The highest BCUT2D eigenvalue weighted by atomic mass is 16.3. The Morgan fingerprint density at radius 2 is 1.73 bits per heavy atom. The third-order valence-corrected chi connectivity index (χ3v) is 6.39. The van der Waals surface area contributed by atoms with Crippen LogP contribution in [0.4, 0.5) is 0 Å². The van der Waals surface area contributed by atoms with Crippen LogP contribution >= 0.6 is 0 Å². The van der Waals surface area contributed by atoms with E-state index in [4.69, 9.17) is 5.11 Å². The van der Waals surface area contributed by atoms with E-state index in [0.717, 1.165) is 25.8 Å². The van der Waals surface area contributed by atoms with Crippen LogP contribution in [0.25, 0.3) is 0 Å². The highest BCUT2D eigenvalue weighted by Gasteiger charge is 2.35. The Bertz CT molecular complexity index is 690. The first-order chi connectivity index (χ1) is 15.4. The standard InChI is InChI=1S/C25H46N4O4/c1-16(2)21(15-19(7)23(31)26-12-14-30)28(8)25(33)22(17(3)4)27-24(32)20-11-9-10-13-29(20)18(5)6/h15-18,20-22,30H,9-14H2,1-8H3,(H,26,31)(H,27,32)/t20?,21-,22+/m1/s1. The van der Waals surface area contributed by atoms with Gasteiger partial charge in [0.15, 0.2) is 0 Å². The van der Waals surface area contributed by atoms with E-state index in [0.29, 0.717) is 5.57 Å². The molecule has 3 atom stereocenters. The van der Waals surface area contributed by atoms with Gasteiger partial charge in [-0.2, -0.15) is 0 Å². The maximum Gasteiger partial charge on any atom is 0.246 e. The first kappa shape index (κ1) is 29.1. The molecule has 0 aromatic rings. The predicted molar refractivity (Wildman–Crippen MR) is 131 cm³/mol. The van der Waals surface area contributed by atoms with Gasteiger partial charge in [0.05, 0.1) is 18.7 Å². The second-order valence-electron chi connectivity index (χ2n) is 10.1. The van der Waals surface area contributed by atoms with Crippen molar-refractivity contribution in [1.29, 1.82) is 0 Å². The number of hydrogen-bond donors (Lipinski definition) is 3. The Morgan fingerprint density at radius 1 is 1.09 bits per heavy atom. The van der Waals surface area contributed by atoms with Gasteiger partial charge >= 0.3 is 0 Å². The lowest BCUT2D eigenvalue weighted by atomic mass is 9.95. The van der Waals surface area contributed by atoms with Gasteiger partial charge in [-0.1, -0.05) is 40.2 Å². The molecular formula is C25H46N4O4. The summed E-state index contributed by atoms with van der Waals surface area (Å²) in [6.45, 7) is 14.7. The molecule has 0 radical (unpaired) electrons. The van der Waals surface area contributed by atoms with Crippen LogP contribution in [-0.4, -0.2) is 83.5 Å². The molecule has 0 aliphatic carbocycles. The van der Waals surface area contributed by atoms with E-state index in [1.807, 2.05) is 27.7 Å². The Hall–Kier alpha value is -1.93. The van der Waals surface area contributed by atoms with Gasteiger partial charge in [0.2, 0.25) is 17.7 Å². The second-order valence-corrected chi connectivity index (χ2v) is 10.1. The fourth-order valence-electron chi connectivity index (χ4n) is 4.37. The molecule has 1 rings (SSSR count). The summed E-state index contributed by atoms with van der Waals surface area (Å²) in [7, 11) is 1.73. The molecule has 3 N–H and O–H groups in total. The van der Waals surface area contributed by atoms with Crippen molar-refractivity contribution in [3.63, 3.8) is 0 Å². The fraction of sp³-hybridized carbons (Fsp3) is 0.800. The van der Waals surface area contributed by atoms with Crippen LogP contribution in [0.2, 0.25) is 0 Å². The van der Waals surface area contributed by atoms with Crippen molar-refractivity contribution in [2.75, 3.05) is 26.7 Å². The summed E-state index contributed by atoms with van der Waals surface area (Å²) in [5.74, 6) is -0.525. The topological polar surface area (TPSA) is 102 Å². The minimum Gasteiger partial charge on any atom is -0.395 e. The van der Waals surface area contributed by atoms with Gasteiger partial charge in [-0.3, -0.25) is 19.3 Å². The Morgan fingerprint density at radius 3 is 2.24 bits per heavy atom. The van der Waals surface area contributed by atoms with Crippen molar-refractivity contribution in [3.8, 4) is 0 Å². The maximum absolute atomic E-state index is 13.5. The lowest BCUT2D eigenvalue weighted by molar-refractivity contribution is -0.140. The summed E-state index contributed by atoms with van der Waals surface area (Å²) in [4.78, 5) is 42.8. The summed E-state index contributed by atoms with van der Waals surface area (Å²) in [6, 6.07) is -0.891. The number of hydrogen-bond acceptors (Lipinski definition) is 5. The monoisotopic (exact) mass is 466 g/mol. The minimum absolute atomic E-state index is 0.0674. The Balaban J connectivity index is 3.03. The summed E-state index contributed by atoms with van der Waals surface area (Å²) < 4.78 is 0. The average Bonchev–Trinajstić information content (AvgIpc) is 2.77. The summed E-state index contributed by atoms with van der Waals surface area (Å²) in [6.07, 6.45) is 4.69. The van der Waals surface area contributed by atoms with Crippen molar-refractivity contribution in [2.45, 2.75) is 91.9 Å². The van der Waals surface area contributed by atoms with E-state index in [9.17, 15) is 14.4 Å². The van der Waals surface area contributed by atoms with Crippen LogP contribution < -0.4 is 10.6 Å². The summed E-state index contributed by atoms with van der Waals surface area (Å²) >= 11 is 0. The molecule has 1 fully saturated rings. The molecule has 8 nitrogen and oxygen atoms in total. The number of carbonyl (C=O) groups excluding carboxylic acids is 3. The first-order valence-corrected chi connectivity index (χ1v) is 12.3. The second kappa shape index (κ2) is 13.7. The van der Waals surface area contributed by atoms with Crippen LogP contribution in [0, 0.1) is 11.8 Å². The van der Waals surface area contributed by atoms with E-state index >= 15 is 0 Å². The lowest BCUT2D eigenvalue weighted by Gasteiger charge is -2.39. The third-order valence-electron chi connectivity index (χ3n) is 6.39. The van der Waals surface area contributed by atoms with Gasteiger partial charge < -0.3 is 20.6 Å². The van der Waals surface area contributed by atoms with Gasteiger partial charge in [0.1, 0.15) is 6.04 Å². The lowest BCUT2D eigenvalue weighted by Crippen LogP contribution is -2.58. The highest BCUT2D eigenvalue weighted by molar-refractivity contribution is 5.93. The van der Waals surface area contributed by atoms with Gasteiger partial charge in [-0.05, 0) is 52.0 Å². The van der Waals surface area contributed by atoms with E-state index in [-0.39, 0.29) is 60.8 Å².